The lowest BCUT2D eigenvalue weighted by atomic mass is 9.89. The van der Waals surface area contributed by atoms with Crippen molar-refractivity contribution >= 4 is 80.0 Å². The molecule has 2 saturated heterocycles. The number of carbonyl (C=O) groups excluding carboxylic acids is 3. The van der Waals surface area contributed by atoms with Crippen molar-refractivity contribution in [2.24, 2.45) is 11.1 Å². The molecule has 2 aromatic carbocycles. The summed E-state index contributed by atoms with van der Waals surface area (Å²) in [5.74, 6) is -1.60. The molecule has 0 radical (unpaired) electrons. The van der Waals surface area contributed by atoms with Gasteiger partial charge in [-0.2, -0.15) is 8.42 Å². The number of nitrogens with one attached hydrogen (secondary N) is 1. The molecule has 4 rings (SSSR count). The predicted octanol–water partition coefficient (Wildman–Crippen LogP) is 6.04. The molecule has 286 valence electrons. The van der Waals surface area contributed by atoms with Crippen LogP contribution >= 0.6 is 46.4 Å². The molecule has 2 fully saturated rings. The van der Waals surface area contributed by atoms with E-state index in [1.807, 2.05) is 11.0 Å². The molecule has 0 aliphatic carbocycles. The molecule has 2 atom stereocenters. The van der Waals surface area contributed by atoms with Crippen molar-refractivity contribution in [3.63, 3.8) is 0 Å². The summed E-state index contributed by atoms with van der Waals surface area (Å²) >= 11 is 25.1. The third-order valence-electron chi connectivity index (χ3n) is 9.45. The third-order valence-corrected chi connectivity index (χ3v) is 11.4. The second kappa shape index (κ2) is 19.6. The van der Waals surface area contributed by atoms with Crippen LogP contribution in [-0.2, 0) is 24.5 Å². The van der Waals surface area contributed by atoms with E-state index in [1.54, 1.807) is 26.2 Å². The monoisotopic (exact) mass is 819 g/mol. The van der Waals surface area contributed by atoms with Crippen molar-refractivity contribution in [1.29, 1.82) is 0 Å². The van der Waals surface area contributed by atoms with Gasteiger partial charge in [-0.3, -0.25) is 18.9 Å². The number of rotatable bonds is 16. The molecule has 0 bridgehead atoms. The van der Waals surface area contributed by atoms with Gasteiger partial charge in [0.25, 0.3) is 16.0 Å². The van der Waals surface area contributed by atoms with E-state index in [9.17, 15) is 22.8 Å². The van der Waals surface area contributed by atoms with Crippen molar-refractivity contribution in [2.75, 3.05) is 59.2 Å². The third kappa shape index (κ3) is 12.5. The SMILES string of the molecule is CNC(=O)CC1CCCN(C2CCN(CCC(/C(CN(C)C(=O)c3cc(Cl)cc(Cl)c3)=N/OCCCS(=O)(=O)O)c3ccc(Cl)c(Cl)c3)CC2)C1=O. The predicted molar refractivity (Wildman–Crippen MR) is 204 cm³/mol. The van der Waals surface area contributed by atoms with Crippen LogP contribution in [0.1, 0.15) is 66.8 Å². The first kappa shape index (κ1) is 42.1. The van der Waals surface area contributed by atoms with Crippen LogP contribution in [0.3, 0.4) is 0 Å². The van der Waals surface area contributed by atoms with E-state index in [2.05, 4.69) is 15.4 Å². The molecular formula is C35H45Cl4N5O7S. The molecule has 2 N–H and O–H groups in total. The Balaban J connectivity index is 1.52. The van der Waals surface area contributed by atoms with Gasteiger partial charge in [-0.25, -0.2) is 0 Å². The molecular weight excluding hydrogens is 776 g/mol. The Morgan fingerprint density at radius 3 is 2.37 bits per heavy atom. The van der Waals surface area contributed by atoms with Gasteiger partial charge in [0.05, 0.1) is 28.1 Å². The fraction of sp³-hybridized carbons (Fsp3) is 0.543. The molecule has 2 aliphatic heterocycles. The average molecular weight is 822 g/mol. The number of amides is 3. The number of halogens is 4. The van der Waals surface area contributed by atoms with Gasteiger partial charge in [-0.05, 0) is 74.5 Å². The zero-order chi connectivity index (χ0) is 38.0. The topological polar surface area (TPSA) is 149 Å². The fourth-order valence-corrected chi connectivity index (χ4v) is 8.04. The van der Waals surface area contributed by atoms with E-state index in [-0.39, 0.29) is 61.2 Å². The molecule has 2 aromatic rings. The lowest BCUT2D eigenvalue weighted by Crippen LogP contribution is -2.52. The van der Waals surface area contributed by atoms with Crippen molar-refractivity contribution in [2.45, 2.75) is 56.9 Å². The molecule has 0 saturated carbocycles. The van der Waals surface area contributed by atoms with Gasteiger partial charge in [0, 0.05) is 80.1 Å². The Labute approximate surface area is 325 Å². The minimum absolute atomic E-state index is 0.00382. The van der Waals surface area contributed by atoms with Crippen LogP contribution in [0.15, 0.2) is 41.6 Å². The summed E-state index contributed by atoms with van der Waals surface area (Å²) in [6.45, 7) is 2.80. The first-order valence-corrected chi connectivity index (χ1v) is 20.3. The second-order valence-electron chi connectivity index (χ2n) is 13.2. The first-order valence-electron chi connectivity index (χ1n) is 17.2. The normalized spacial score (nSPS) is 18.3. The highest BCUT2D eigenvalue weighted by Gasteiger charge is 2.36. The highest BCUT2D eigenvalue weighted by Crippen LogP contribution is 2.32. The maximum atomic E-state index is 13.5. The van der Waals surface area contributed by atoms with E-state index in [4.69, 9.17) is 55.8 Å². The van der Waals surface area contributed by atoms with Crippen LogP contribution in [0.5, 0.6) is 0 Å². The Morgan fingerprint density at radius 2 is 1.73 bits per heavy atom. The molecule has 12 nitrogen and oxygen atoms in total. The van der Waals surface area contributed by atoms with Gasteiger partial charge in [-0.15, -0.1) is 0 Å². The number of piperidine rings is 2. The van der Waals surface area contributed by atoms with Crippen molar-refractivity contribution < 1.29 is 32.2 Å². The standard InChI is InChI=1S/C35H45Cl4N5O7S/c1-40-33(45)20-24-5-3-11-44(35(24)47)28-8-12-43(13-9-28)14-10-29(23-6-7-30(38)31(39)19-23)32(41-51-15-4-16-52(48,49)50)22-42(2)34(46)25-17-26(36)21-27(37)18-25/h6-7,17-19,21,24,28-29H,3-5,8-16,20,22H2,1-2H3,(H,40,45)(H,48,49,50)/b41-32+. The fourth-order valence-electron chi connectivity index (χ4n) is 6.72. The van der Waals surface area contributed by atoms with Gasteiger partial charge in [0.2, 0.25) is 11.8 Å². The summed E-state index contributed by atoms with van der Waals surface area (Å²) in [4.78, 5) is 50.2. The van der Waals surface area contributed by atoms with Crippen molar-refractivity contribution in [3.05, 3.63) is 67.6 Å². The second-order valence-corrected chi connectivity index (χ2v) is 16.5. The summed E-state index contributed by atoms with van der Waals surface area (Å²) < 4.78 is 31.6. The van der Waals surface area contributed by atoms with E-state index in [0.29, 0.717) is 45.3 Å². The van der Waals surface area contributed by atoms with Gasteiger partial charge in [0.15, 0.2) is 0 Å². The van der Waals surface area contributed by atoms with Crippen LogP contribution in [-0.4, -0.2) is 116 Å². The minimum atomic E-state index is -4.18. The highest BCUT2D eigenvalue weighted by atomic mass is 35.5. The van der Waals surface area contributed by atoms with Gasteiger partial charge in [0.1, 0.15) is 6.61 Å². The molecule has 17 heteroatoms. The summed E-state index contributed by atoms with van der Waals surface area (Å²) in [6.07, 6.45) is 3.96. The Hall–Kier alpha value is -2.65. The molecule has 52 heavy (non-hydrogen) atoms. The summed E-state index contributed by atoms with van der Waals surface area (Å²) in [5.41, 5.74) is 1.55. The van der Waals surface area contributed by atoms with Gasteiger partial charge < -0.3 is 24.9 Å². The van der Waals surface area contributed by atoms with E-state index in [0.717, 1.165) is 44.3 Å². The summed E-state index contributed by atoms with van der Waals surface area (Å²) in [5, 5.41) is 8.40. The number of hydrogen-bond acceptors (Lipinski definition) is 8. The Bertz CT molecular complexity index is 1700. The van der Waals surface area contributed by atoms with Crippen LogP contribution in [0.2, 0.25) is 20.1 Å². The van der Waals surface area contributed by atoms with E-state index < -0.39 is 21.8 Å². The molecule has 0 spiro atoms. The lowest BCUT2D eigenvalue weighted by Gasteiger charge is -2.42. The van der Waals surface area contributed by atoms with Crippen molar-refractivity contribution in [1.82, 2.24) is 20.0 Å². The molecule has 2 unspecified atom stereocenters. The Kier molecular flexibility index (Phi) is 15.9. The number of likely N-dealkylation sites (tertiary alicyclic amines) is 2. The first-order chi connectivity index (χ1) is 24.6. The quantitative estimate of drug-likeness (QED) is 0.0903. The Morgan fingerprint density at radius 1 is 1.04 bits per heavy atom. The molecule has 3 amide bonds. The van der Waals surface area contributed by atoms with Crippen LogP contribution in [0, 0.1) is 5.92 Å². The number of hydrogen-bond donors (Lipinski definition) is 2. The zero-order valence-corrected chi connectivity index (χ0v) is 33.0. The smallest absolute Gasteiger partial charge is 0.264 e. The number of oxime groups is 1. The minimum Gasteiger partial charge on any atom is -0.396 e. The van der Waals surface area contributed by atoms with Gasteiger partial charge in [-0.1, -0.05) is 57.6 Å². The molecule has 2 aliphatic rings. The highest BCUT2D eigenvalue weighted by molar-refractivity contribution is 7.85. The zero-order valence-electron chi connectivity index (χ0n) is 29.2. The molecule has 0 aromatic heterocycles. The largest absolute Gasteiger partial charge is 0.396 e. The maximum Gasteiger partial charge on any atom is 0.264 e. The van der Waals surface area contributed by atoms with Crippen LogP contribution in [0.25, 0.3) is 0 Å². The van der Waals surface area contributed by atoms with Crippen LogP contribution in [0.4, 0.5) is 0 Å². The molecule has 2 heterocycles. The lowest BCUT2D eigenvalue weighted by molar-refractivity contribution is -0.144. The van der Waals surface area contributed by atoms with E-state index in [1.165, 1.54) is 23.1 Å². The summed E-state index contributed by atoms with van der Waals surface area (Å²) in [7, 11) is -0.981. The number of carbonyl (C=O) groups is 3. The number of benzene rings is 2. The van der Waals surface area contributed by atoms with E-state index >= 15 is 0 Å². The van der Waals surface area contributed by atoms with Crippen molar-refractivity contribution in [3.8, 4) is 0 Å². The van der Waals surface area contributed by atoms with Gasteiger partial charge >= 0.3 is 0 Å². The van der Waals surface area contributed by atoms with Crippen LogP contribution < -0.4 is 5.32 Å². The summed E-state index contributed by atoms with van der Waals surface area (Å²) in [6, 6.07) is 9.97. The number of nitrogens with zero attached hydrogens (tertiary/aromatic N) is 4. The maximum absolute atomic E-state index is 13.5. The average Bonchev–Trinajstić information content (AvgIpc) is 3.09.